The summed E-state index contributed by atoms with van der Waals surface area (Å²) in [5.41, 5.74) is 1.74. The molecule has 1 unspecified atom stereocenters. The third-order valence-electron chi connectivity index (χ3n) is 3.43. The molecule has 1 aromatic carbocycles. The Kier molecular flexibility index (Phi) is 2.80. The lowest BCUT2D eigenvalue weighted by molar-refractivity contribution is 0.00360. The number of H-pyrrole nitrogens is 1. The Balaban J connectivity index is 1.90. The standard InChI is InChI=1S/C14H16N2O2/c1-10-9-18-7-6-16(10)14(17)12-3-2-11-4-5-15-13(11)8-12/h2-5,8,10,15H,6-7,9H2,1H3. The minimum Gasteiger partial charge on any atom is -0.377 e. The maximum Gasteiger partial charge on any atom is 0.254 e. The number of carbonyl (C=O) groups excluding carboxylic acids is 1. The number of aromatic amines is 1. The fraction of sp³-hybridized carbons (Fsp3) is 0.357. The minimum absolute atomic E-state index is 0.0855. The molecule has 1 aromatic heterocycles. The van der Waals surface area contributed by atoms with E-state index in [4.69, 9.17) is 4.74 Å². The Bertz CT molecular complexity index is 576. The van der Waals surface area contributed by atoms with E-state index in [1.165, 1.54) is 0 Å². The van der Waals surface area contributed by atoms with Crippen LogP contribution in [0.4, 0.5) is 0 Å². The molecular formula is C14H16N2O2. The number of ether oxygens (including phenoxy) is 1. The van der Waals surface area contributed by atoms with Crippen LogP contribution in [0.25, 0.3) is 10.9 Å². The molecule has 0 spiro atoms. The van der Waals surface area contributed by atoms with Crippen LogP contribution in [0.1, 0.15) is 17.3 Å². The first-order valence-electron chi connectivity index (χ1n) is 6.21. The number of hydrogen-bond acceptors (Lipinski definition) is 2. The van der Waals surface area contributed by atoms with Crippen LogP contribution in [0.5, 0.6) is 0 Å². The van der Waals surface area contributed by atoms with Crippen molar-refractivity contribution < 1.29 is 9.53 Å². The van der Waals surface area contributed by atoms with Crippen LogP contribution < -0.4 is 0 Å². The van der Waals surface area contributed by atoms with Crippen LogP contribution >= 0.6 is 0 Å². The lowest BCUT2D eigenvalue weighted by atomic mass is 10.1. The maximum atomic E-state index is 12.4. The maximum absolute atomic E-state index is 12.4. The van der Waals surface area contributed by atoms with E-state index in [2.05, 4.69) is 4.98 Å². The summed E-state index contributed by atoms with van der Waals surface area (Å²) >= 11 is 0. The van der Waals surface area contributed by atoms with Gasteiger partial charge in [-0.1, -0.05) is 6.07 Å². The summed E-state index contributed by atoms with van der Waals surface area (Å²) < 4.78 is 5.36. The van der Waals surface area contributed by atoms with E-state index < -0.39 is 0 Å². The fourth-order valence-corrected chi connectivity index (χ4v) is 2.38. The van der Waals surface area contributed by atoms with Gasteiger partial charge >= 0.3 is 0 Å². The van der Waals surface area contributed by atoms with Gasteiger partial charge in [0.05, 0.1) is 19.3 Å². The molecule has 0 aliphatic carbocycles. The zero-order chi connectivity index (χ0) is 12.5. The highest BCUT2D eigenvalue weighted by atomic mass is 16.5. The molecule has 94 valence electrons. The van der Waals surface area contributed by atoms with Crippen molar-refractivity contribution in [1.82, 2.24) is 9.88 Å². The molecule has 0 saturated carbocycles. The summed E-state index contributed by atoms with van der Waals surface area (Å²) in [5, 5.41) is 1.13. The average Bonchev–Trinajstić information content (AvgIpc) is 2.85. The predicted octanol–water partition coefficient (Wildman–Crippen LogP) is 2.03. The van der Waals surface area contributed by atoms with E-state index in [1.54, 1.807) is 0 Å². The number of nitrogens with one attached hydrogen (secondary N) is 1. The number of amides is 1. The van der Waals surface area contributed by atoms with Crippen molar-refractivity contribution in [2.24, 2.45) is 0 Å². The van der Waals surface area contributed by atoms with Crippen LogP contribution in [0.3, 0.4) is 0 Å². The van der Waals surface area contributed by atoms with Gasteiger partial charge in [0.15, 0.2) is 0 Å². The molecule has 0 bridgehead atoms. The van der Waals surface area contributed by atoms with Gasteiger partial charge in [0, 0.05) is 23.8 Å². The molecule has 2 aromatic rings. The van der Waals surface area contributed by atoms with E-state index in [0.29, 0.717) is 19.8 Å². The molecule has 1 amide bonds. The minimum atomic E-state index is 0.0855. The zero-order valence-corrected chi connectivity index (χ0v) is 10.3. The number of benzene rings is 1. The van der Waals surface area contributed by atoms with Crippen molar-refractivity contribution in [3.63, 3.8) is 0 Å². The van der Waals surface area contributed by atoms with Crippen LogP contribution in [0, 0.1) is 0 Å². The van der Waals surface area contributed by atoms with Gasteiger partial charge in [-0.2, -0.15) is 0 Å². The van der Waals surface area contributed by atoms with Gasteiger partial charge in [-0.15, -0.1) is 0 Å². The number of nitrogens with zero attached hydrogens (tertiary/aromatic N) is 1. The number of aromatic nitrogens is 1. The summed E-state index contributed by atoms with van der Waals surface area (Å²) in [6.45, 7) is 3.93. The fourth-order valence-electron chi connectivity index (χ4n) is 2.38. The van der Waals surface area contributed by atoms with E-state index in [9.17, 15) is 4.79 Å². The molecule has 1 N–H and O–H groups in total. The number of hydrogen-bond donors (Lipinski definition) is 1. The first kappa shape index (κ1) is 11.3. The molecule has 18 heavy (non-hydrogen) atoms. The van der Waals surface area contributed by atoms with Gasteiger partial charge < -0.3 is 14.6 Å². The second-order valence-corrected chi connectivity index (χ2v) is 4.70. The van der Waals surface area contributed by atoms with Gasteiger partial charge in [0.2, 0.25) is 0 Å². The van der Waals surface area contributed by atoms with Crippen LogP contribution in [-0.2, 0) is 4.74 Å². The molecule has 0 radical (unpaired) electrons. The number of rotatable bonds is 1. The van der Waals surface area contributed by atoms with Crippen molar-refractivity contribution in [2.45, 2.75) is 13.0 Å². The lowest BCUT2D eigenvalue weighted by Gasteiger charge is -2.33. The van der Waals surface area contributed by atoms with E-state index in [-0.39, 0.29) is 11.9 Å². The van der Waals surface area contributed by atoms with E-state index in [1.807, 2.05) is 42.3 Å². The van der Waals surface area contributed by atoms with Crippen molar-refractivity contribution in [1.29, 1.82) is 0 Å². The normalized spacial score (nSPS) is 20.3. The molecule has 1 atom stereocenters. The quantitative estimate of drug-likeness (QED) is 0.834. The van der Waals surface area contributed by atoms with Crippen molar-refractivity contribution in [3.05, 3.63) is 36.0 Å². The van der Waals surface area contributed by atoms with Crippen molar-refractivity contribution >= 4 is 16.8 Å². The lowest BCUT2D eigenvalue weighted by Crippen LogP contribution is -2.47. The Labute approximate surface area is 106 Å². The molecule has 4 heteroatoms. The van der Waals surface area contributed by atoms with Gasteiger partial charge in [0.1, 0.15) is 0 Å². The topological polar surface area (TPSA) is 45.3 Å². The molecule has 4 nitrogen and oxygen atoms in total. The molecule has 3 rings (SSSR count). The molecule has 1 saturated heterocycles. The number of morpholine rings is 1. The molecule has 1 aliphatic heterocycles. The van der Waals surface area contributed by atoms with Gasteiger partial charge in [-0.25, -0.2) is 0 Å². The predicted molar refractivity (Wildman–Crippen MR) is 69.6 cm³/mol. The van der Waals surface area contributed by atoms with Gasteiger partial charge in [0.25, 0.3) is 5.91 Å². The number of carbonyl (C=O) groups is 1. The van der Waals surface area contributed by atoms with E-state index in [0.717, 1.165) is 16.5 Å². The summed E-state index contributed by atoms with van der Waals surface area (Å²) in [6, 6.07) is 7.93. The Morgan fingerprint density at radius 3 is 3.17 bits per heavy atom. The summed E-state index contributed by atoms with van der Waals surface area (Å²) in [5.74, 6) is 0.0855. The summed E-state index contributed by atoms with van der Waals surface area (Å²) in [6.07, 6.45) is 1.89. The highest BCUT2D eigenvalue weighted by molar-refractivity contribution is 5.98. The summed E-state index contributed by atoms with van der Waals surface area (Å²) in [7, 11) is 0. The Hall–Kier alpha value is -1.81. The summed E-state index contributed by atoms with van der Waals surface area (Å²) in [4.78, 5) is 17.4. The van der Waals surface area contributed by atoms with Crippen LogP contribution in [0.15, 0.2) is 30.5 Å². The first-order valence-corrected chi connectivity index (χ1v) is 6.21. The van der Waals surface area contributed by atoms with Crippen molar-refractivity contribution in [3.8, 4) is 0 Å². The third-order valence-corrected chi connectivity index (χ3v) is 3.43. The number of fused-ring (bicyclic) bond motifs is 1. The van der Waals surface area contributed by atoms with E-state index >= 15 is 0 Å². The SMILES string of the molecule is CC1COCCN1C(=O)c1ccc2cc[nH]c2c1. The monoisotopic (exact) mass is 244 g/mol. The smallest absolute Gasteiger partial charge is 0.254 e. The largest absolute Gasteiger partial charge is 0.377 e. The molecule has 1 aliphatic rings. The van der Waals surface area contributed by atoms with Gasteiger partial charge in [-0.05, 0) is 30.5 Å². The molecular weight excluding hydrogens is 228 g/mol. The van der Waals surface area contributed by atoms with Crippen molar-refractivity contribution in [2.75, 3.05) is 19.8 Å². The third kappa shape index (κ3) is 1.88. The second-order valence-electron chi connectivity index (χ2n) is 4.70. The molecule has 2 heterocycles. The van der Waals surface area contributed by atoms with Crippen LogP contribution in [0.2, 0.25) is 0 Å². The highest BCUT2D eigenvalue weighted by Gasteiger charge is 2.24. The highest BCUT2D eigenvalue weighted by Crippen LogP contribution is 2.17. The van der Waals surface area contributed by atoms with Gasteiger partial charge in [-0.3, -0.25) is 4.79 Å². The van der Waals surface area contributed by atoms with Crippen LogP contribution in [-0.4, -0.2) is 41.6 Å². The zero-order valence-electron chi connectivity index (χ0n) is 10.3. The first-order chi connectivity index (χ1) is 8.75. The Morgan fingerprint density at radius 2 is 2.33 bits per heavy atom. The Morgan fingerprint density at radius 1 is 1.44 bits per heavy atom. The second kappa shape index (κ2) is 4.46. The molecule has 1 fully saturated rings. The average molecular weight is 244 g/mol.